The van der Waals surface area contributed by atoms with E-state index in [1.54, 1.807) is 12.1 Å². The Bertz CT molecular complexity index is 965. The number of aliphatic hydroxyl groups is 1. The number of aliphatic hydroxyl groups excluding tert-OH is 1. The van der Waals surface area contributed by atoms with Crippen LogP contribution in [0.4, 0.5) is 14.9 Å². The second kappa shape index (κ2) is 8.95. The quantitative estimate of drug-likeness (QED) is 0.692. The summed E-state index contributed by atoms with van der Waals surface area (Å²) in [5, 5.41) is 13.9. The van der Waals surface area contributed by atoms with Crippen molar-refractivity contribution in [2.75, 3.05) is 44.2 Å². The van der Waals surface area contributed by atoms with Gasteiger partial charge in [0.25, 0.3) is 0 Å². The molecule has 0 spiro atoms. The fourth-order valence-corrected chi connectivity index (χ4v) is 7.93. The van der Waals surface area contributed by atoms with Gasteiger partial charge in [0.1, 0.15) is 5.82 Å². The first kappa shape index (κ1) is 23.1. The number of piperazine rings is 1. The van der Waals surface area contributed by atoms with Crippen LogP contribution >= 0.6 is 0 Å². The summed E-state index contributed by atoms with van der Waals surface area (Å²) >= 11 is 0. The average Bonchev–Trinajstić information content (AvgIpc) is 2.87. The van der Waals surface area contributed by atoms with Gasteiger partial charge in [-0.1, -0.05) is 12.1 Å². The van der Waals surface area contributed by atoms with Gasteiger partial charge < -0.3 is 25.1 Å². The molecule has 2 saturated heterocycles. The van der Waals surface area contributed by atoms with E-state index in [-0.39, 0.29) is 47.2 Å². The highest BCUT2D eigenvalue weighted by atomic mass is 19.1. The Balaban J connectivity index is 1.04. The summed E-state index contributed by atoms with van der Waals surface area (Å²) in [4.78, 5) is 32.5. The molecule has 1 aromatic rings. The predicted octanol–water partition coefficient (Wildman–Crippen LogP) is 2.84. The van der Waals surface area contributed by atoms with Gasteiger partial charge in [-0.2, -0.15) is 0 Å². The molecule has 0 radical (unpaired) electrons. The lowest BCUT2D eigenvalue weighted by atomic mass is 9.48. The highest BCUT2D eigenvalue weighted by molar-refractivity contribution is 5.83. The molecule has 190 valence electrons. The minimum Gasteiger partial charge on any atom is -0.393 e. The number of rotatable bonds is 3. The van der Waals surface area contributed by atoms with Crippen molar-refractivity contribution in [3.63, 3.8) is 0 Å². The van der Waals surface area contributed by atoms with Gasteiger partial charge in [-0.3, -0.25) is 4.79 Å². The van der Waals surface area contributed by atoms with E-state index >= 15 is 0 Å². The van der Waals surface area contributed by atoms with Crippen LogP contribution in [0.25, 0.3) is 0 Å². The van der Waals surface area contributed by atoms with Gasteiger partial charge in [-0.15, -0.1) is 0 Å². The Kier molecular flexibility index (Phi) is 5.90. The van der Waals surface area contributed by atoms with Crippen molar-refractivity contribution < 1.29 is 19.1 Å². The summed E-state index contributed by atoms with van der Waals surface area (Å²) < 4.78 is 14.1. The lowest BCUT2D eigenvalue weighted by Crippen LogP contribution is -2.61. The number of hydrogen-bond acceptors (Lipinski definition) is 4. The largest absolute Gasteiger partial charge is 0.393 e. The van der Waals surface area contributed by atoms with Crippen molar-refractivity contribution in [1.82, 2.24) is 15.1 Å². The summed E-state index contributed by atoms with van der Waals surface area (Å²) in [7, 11) is 0. The molecule has 3 amide bonds. The molecule has 4 saturated carbocycles. The van der Waals surface area contributed by atoms with Gasteiger partial charge in [0.15, 0.2) is 0 Å². The molecule has 1 aromatic carbocycles. The number of hydrogen-bond donors (Lipinski definition) is 2. The third kappa shape index (κ3) is 4.17. The Labute approximate surface area is 206 Å². The minimum atomic E-state index is -0.314. The van der Waals surface area contributed by atoms with Crippen LogP contribution in [0.3, 0.4) is 0 Å². The summed E-state index contributed by atoms with van der Waals surface area (Å²) in [6, 6.07) is 6.80. The van der Waals surface area contributed by atoms with Gasteiger partial charge in [-0.05, 0) is 74.8 Å². The van der Waals surface area contributed by atoms with E-state index in [0.717, 1.165) is 44.9 Å². The van der Waals surface area contributed by atoms with E-state index in [0.29, 0.717) is 50.9 Å². The van der Waals surface area contributed by atoms with Gasteiger partial charge >= 0.3 is 6.03 Å². The third-order valence-electron chi connectivity index (χ3n) is 9.48. The maximum atomic E-state index is 14.1. The zero-order valence-electron chi connectivity index (χ0n) is 20.4. The van der Waals surface area contributed by atoms with Crippen LogP contribution in [0.1, 0.15) is 44.9 Å². The van der Waals surface area contributed by atoms with E-state index in [4.69, 9.17) is 0 Å². The fraction of sp³-hybridized carbons (Fsp3) is 0.704. The molecule has 2 unspecified atom stereocenters. The van der Waals surface area contributed by atoms with Crippen molar-refractivity contribution >= 4 is 17.6 Å². The number of piperidine rings is 1. The molecule has 0 aromatic heterocycles. The Hall–Kier alpha value is -2.35. The first-order chi connectivity index (χ1) is 16.9. The van der Waals surface area contributed by atoms with Crippen LogP contribution in [0.5, 0.6) is 0 Å². The zero-order valence-corrected chi connectivity index (χ0v) is 20.4. The first-order valence-electron chi connectivity index (χ1n) is 13.4. The number of amides is 3. The van der Waals surface area contributed by atoms with Crippen LogP contribution in [-0.4, -0.2) is 78.3 Å². The Morgan fingerprint density at radius 2 is 1.69 bits per heavy atom. The standard InChI is InChI=1S/C27H37FN4O3/c28-22-5-1-2-6-23(22)30-8-10-31(11-9-30)26(35)32-7-3-4-21(17-32)29-25(34)27-14-18-12-19(15-27)24(33)20(13-18)16-27/h1-2,5-6,18-21,24,33H,3-4,7-17H2,(H,29,34)/t18?,19?,20?,21-,24?,27?/m0/s1. The molecule has 4 aliphatic carbocycles. The molecule has 7 nitrogen and oxygen atoms in total. The van der Waals surface area contributed by atoms with E-state index in [1.807, 2.05) is 20.8 Å². The molecular weight excluding hydrogens is 447 g/mol. The molecule has 35 heavy (non-hydrogen) atoms. The molecule has 6 fully saturated rings. The van der Waals surface area contributed by atoms with Crippen LogP contribution in [0.2, 0.25) is 0 Å². The number of nitrogens with one attached hydrogen (secondary N) is 1. The highest BCUT2D eigenvalue weighted by Crippen LogP contribution is 2.60. The van der Waals surface area contributed by atoms with Gasteiger partial charge in [-0.25, -0.2) is 9.18 Å². The molecule has 7 rings (SSSR count). The number of anilines is 1. The average molecular weight is 485 g/mol. The van der Waals surface area contributed by atoms with Crippen molar-refractivity contribution in [3.05, 3.63) is 30.1 Å². The molecule has 2 heterocycles. The predicted molar refractivity (Wildman–Crippen MR) is 130 cm³/mol. The molecule has 2 N–H and O–H groups in total. The van der Waals surface area contributed by atoms with E-state index in [1.165, 1.54) is 6.07 Å². The number of likely N-dealkylation sites (tertiary alicyclic amines) is 1. The molecule has 3 atom stereocenters. The number of benzene rings is 1. The lowest BCUT2D eigenvalue weighted by molar-refractivity contribution is -0.163. The monoisotopic (exact) mass is 484 g/mol. The van der Waals surface area contributed by atoms with Gasteiger partial charge in [0, 0.05) is 45.3 Å². The minimum absolute atomic E-state index is 0.0159. The van der Waals surface area contributed by atoms with Crippen molar-refractivity contribution in [3.8, 4) is 0 Å². The topological polar surface area (TPSA) is 76.1 Å². The molecule has 8 heteroatoms. The van der Waals surface area contributed by atoms with Crippen LogP contribution in [-0.2, 0) is 4.79 Å². The maximum Gasteiger partial charge on any atom is 0.320 e. The third-order valence-corrected chi connectivity index (χ3v) is 9.48. The normalized spacial score (nSPS) is 36.4. The van der Waals surface area contributed by atoms with Crippen LogP contribution in [0, 0.1) is 29.0 Å². The molecule has 4 bridgehead atoms. The molecular formula is C27H37FN4O3. The summed E-state index contributed by atoms with van der Waals surface area (Å²) in [5.74, 6) is 1.06. The lowest BCUT2D eigenvalue weighted by Gasteiger charge is -2.58. The van der Waals surface area contributed by atoms with Crippen molar-refractivity contribution in [2.24, 2.45) is 23.2 Å². The Morgan fingerprint density at radius 3 is 2.40 bits per heavy atom. The number of carbonyl (C=O) groups excluding carboxylic acids is 2. The van der Waals surface area contributed by atoms with E-state index < -0.39 is 0 Å². The first-order valence-corrected chi connectivity index (χ1v) is 13.4. The molecule has 2 aliphatic heterocycles. The van der Waals surface area contributed by atoms with Gasteiger partial charge in [0.2, 0.25) is 5.91 Å². The van der Waals surface area contributed by atoms with Crippen molar-refractivity contribution in [1.29, 1.82) is 0 Å². The highest BCUT2D eigenvalue weighted by Gasteiger charge is 2.58. The van der Waals surface area contributed by atoms with Crippen LogP contribution < -0.4 is 10.2 Å². The van der Waals surface area contributed by atoms with E-state index in [2.05, 4.69) is 5.32 Å². The second-order valence-electron chi connectivity index (χ2n) is 11.7. The number of urea groups is 1. The fourth-order valence-electron chi connectivity index (χ4n) is 7.93. The van der Waals surface area contributed by atoms with Crippen molar-refractivity contribution in [2.45, 2.75) is 57.1 Å². The van der Waals surface area contributed by atoms with E-state index in [9.17, 15) is 19.1 Å². The smallest absolute Gasteiger partial charge is 0.320 e. The number of halogens is 1. The van der Waals surface area contributed by atoms with Gasteiger partial charge in [0.05, 0.1) is 17.2 Å². The summed E-state index contributed by atoms with van der Waals surface area (Å²) in [6.45, 7) is 3.61. The number of para-hydroxylation sites is 1. The zero-order chi connectivity index (χ0) is 24.2. The van der Waals surface area contributed by atoms with Crippen LogP contribution in [0.15, 0.2) is 24.3 Å². The molecule has 6 aliphatic rings. The number of nitrogens with zero attached hydrogens (tertiary/aromatic N) is 3. The summed E-state index contributed by atoms with van der Waals surface area (Å²) in [5.41, 5.74) is 0.281. The maximum absolute atomic E-state index is 14.1. The summed E-state index contributed by atoms with van der Waals surface area (Å²) in [6.07, 6.45) is 6.28. The number of carbonyl (C=O) groups is 2. The second-order valence-corrected chi connectivity index (χ2v) is 11.7. The SMILES string of the molecule is O=C(N1CCN(c2ccccc2F)CC1)N1CCC[C@H](NC(=O)C23CC4CC(C2)C(O)C(C4)C3)C1. The Morgan fingerprint density at radius 1 is 0.971 bits per heavy atom.